The molecule has 1 aromatic rings. The van der Waals surface area contributed by atoms with Crippen LogP contribution in [0.25, 0.3) is 0 Å². The highest BCUT2D eigenvalue weighted by atomic mass is 19.4. The summed E-state index contributed by atoms with van der Waals surface area (Å²) in [7, 11) is 0. The monoisotopic (exact) mass is 277 g/mol. The van der Waals surface area contributed by atoms with Gasteiger partial charge in [0.25, 0.3) is 0 Å². The first kappa shape index (κ1) is 13.3. The van der Waals surface area contributed by atoms with Gasteiger partial charge in [0.2, 0.25) is 12.0 Å². The maximum Gasteiger partial charge on any atom is 0.450 e. The van der Waals surface area contributed by atoms with Crippen LogP contribution in [0.1, 0.15) is 18.9 Å². The van der Waals surface area contributed by atoms with Gasteiger partial charge in [-0.15, -0.1) is 0 Å². The number of ether oxygens (including phenoxy) is 2. The van der Waals surface area contributed by atoms with Crippen LogP contribution in [0.3, 0.4) is 0 Å². The molecule has 0 radical (unpaired) electrons. The maximum absolute atomic E-state index is 12.6. The van der Waals surface area contributed by atoms with Gasteiger partial charge in [0, 0.05) is 0 Å². The largest absolute Gasteiger partial charge is 0.463 e. The second-order valence-corrected chi connectivity index (χ2v) is 3.58. The number of rotatable bonds is 2. The Morgan fingerprint density at radius 1 is 1.53 bits per heavy atom. The lowest BCUT2D eigenvalue weighted by Crippen LogP contribution is -2.28. The van der Waals surface area contributed by atoms with Crippen LogP contribution >= 0.6 is 0 Å². The van der Waals surface area contributed by atoms with E-state index in [1.165, 1.54) is 18.4 Å². The third-order valence-electron chi connectivity index (χ3n) is 2.29. The number of carbonyl (C=O) groups is 1. The predicted octanol–water partition coefficient (Wildman–Crippen LogP) is 3.17. The highest BCUT2D eigenvalue weighted by molar-refractivity contribution is 5.70. The van der Waals surface area contributed by atoms with Gasteiger partial charge in [0.1, 0.15) is 0 Å². The molecule has 0 aromatic carbocycles. The molecule has 0 aliphatic carbocycles. The first-order valence-electron chi connectivity index (χ1n) is 5.37. The van der Waals surface area contributed by atoms with E-state index in [4.69, 9.17) is 9.15 Å². The minimum Gasteiger partial charge on any atom is -0.463 e. The summed E-state index contributed by atoms with van der Waals surface area (Å²) in [5, 5.41) is 0. The normalized spacial score (nSPS) is 19.1. The van der Waals surface area contributed by atoms with Crippen LogP contribution in [0.15, 0.2) is 34.8 Å². The smallest absolute Gasteiger partial charge is 0.450 e. The summed E-state index contributed by atoms with van der Waals surface area (Å²) >= 11 is 0. The molecule has 0 saturated carbocycles. The Bertz CT molecular complexity index is 481. The van der Waals surface area contributed by atoms with E-state index in [0.29, 0.717) is 11.1 Å². The van der Waals surface area contributed by atoms with Crippen molar-refractivity contribution in [2.45, 2.75) is 19.3 Å². The molecule has 1 aliphatic rings. The van der Waals surface area contributed by atoms with E-state index in [0.717, 1.165) is 0 Å². The molecule has 5 nitrogen and oxygen atoms in total. The summed E-state index contributed by atoms with van der Waals surface area (Å²) in [6, 6.07) is 2.89. The lowest BCUT2D eigenvalue weighted by atomic mass is 10.4. The lowest BCUT2D eigenvalue weighted by Gasteiger charge is -2.20. The molecule has 1 aliphatic heterocycles. The minimum atomic E-state index is -4.69. The van der Waals surface area contributed by atoms with Gasteiger partial charge in [-0.25, -0.2) is 9.69 Å². The van der Waals surface area contributed by atoms with Gasteiger partial charge >= 0.3 is 12.3 Å². The Balaban J connectivity index is 2.27. The van der Waals surface area contributed by atoms with Gasteiger partial charge < -0.3 is 13.9 Å². The van der Waals surface area contributed by atoms with Gasteiger partial charge in [0.05, 0.1) is 19.1 Å². The van der Waals surface area contributed by atoms with E-state index in [1.807, 2.05) is 0 Å². The molecule has 0 bridgehead atoms. The lowest BCUT2D eigenvalue weighted by molar-refractivity contribution is -0.140. The molecule has 19 heavy (non-hydrogen) atoms. The van der Waals surface area contributed by atoms with Crippen LogP contribution in [0.5, 0.6) is 0 Å². The molecule has 2 rings (SSSR count). The number of carbonyl (C=O) groups excluding carboxylic acids is 1. The third-order valence-corrected chi connectivity index (χ3v) is 2.29. The van der Waals surface area contributed by atoms with Crippen molar-refractivity contribution in [3.05, 3.63) is 36.1 Å². The van der Waals surface area contributed by atoms with Crippen LogP contribution in [-0.4, -0.2) is 23.8 Å². The van der Waals surface area contributed by atoms with Crippen LogP contribution in [0.4, 0.5) is 18.0 Å². The van der Waals surface area contributed by atoms with E-state index < -0.39 is 24.3 Å². The minimum absolute atomic E-state index is 0.0371. The molecule has 0 spiro atoms. The van der Waals surface area contributed by atoms with Crippen molar-refractivity contribution in [1.29, 1.82) is 0 Å². The van der Waals surface area contributed by atoms with E-state index in [-0.39, 0.29) is 12.4 Å². The zero-order valence-corrected chi connectivity index (χ0v) is 9.81. The second-order valence-electron chi connectivity index (χ2n) is 3.58. The van der Waals surface area contributed by atoms with E-state index >= 15 is 0 Å². The predicted molar refractivity (Wildman–Crippen MR) is 55.5 cm³/mol. The zero-order chi connectivity index (χ0) is 14.0. The Kier molecular flexibility index (Phi) is 3.41. The first-order chi connectivity index (χ1) is 8.93. The first-order valence-corrected chi connectivity index (χ1v) is 5.37. The summed E-state index contributed by atoms with van der Waals surface area (Å²) in [4.78, 5) is 12.3. The second kappa shape index (κ2) is 4.87. The summed E-state index contributed by atoms with van der Waals surface area (Å²) in [5.74, 6) is -1.20. The van der Waals surface area contributed by atoms with Crippen LogP contribution in [0.2, 0.25) is 0 Å². The van der Waals surface area contributed by atoms with Crippen molar-refractivity contribution >= 4 is 6.09 Å². The van der Waals surface area contributed by atoms with E-state index in [9.17, 15) is 18.0 Å². The SMILES string of the molecule is CCOC(=O)N1C=C(C(F)(F)F)OC1c1ccco1. The fraction of sp³-hybridized carbons (Fsp3) is 0.364. The van der Waals surface area contributed by atoms with Crippen LogP contribution in [-0.2, 0) is 9.47 Å². The Hall–Kier alpha value is -2.12. The van der Waals surface area contributed by atoms with Gasteiger partial charge in [-0.05, 0) is 19.1 Å². The average Bonchev–Trinajstić information content (AvgIpc) is 2.97. The van der Waals surface area contributed by atoms with Crippen LogP contribution < -0.4 is 0 Å². The molecule has 0 fully saturated rings. The van der Waals surface area contributed by atoms with Gasteiger partial charge in [0.15, 0.2) is 5.76 Å². The van der Waals surface area contributed by atoms with Crippen molar-refractivity contribution in [1.82, 2.24) is 4.90 Å². The third kappa shape index (κ3) is 2.67. The number of allylic oxidation sites excluding steroid dienone is 1. The van der Waals surface area contributed by atoms with Crippen molar-refractivity contribution in [3.8, 4) is 0 Å². The highest BCUT2D eigenvalue weighted by Gasteiger charge is 2.46. The van der Waals surface area contributed by atoms with Crippen molar-refractivity contribution in [2.24, 2.45) is 0 Å². The Morgan fingerprint density at radius 3 is 2.79 bits per heavy atom. The van der Waals surface area contributed by atoms with Gasteiger partial charge in [-0.2, -0.15) is 13.2 Å². The summed E-state index contributed by atoms with van der Waals surface area (Å²) < 4.78 is 52.1. The zero-order valence-electron chi connectivity index (χ0n) is 9.81. The molecule has 1 amide bonds. The summed E-state index contributed by atoms with van der Waals surface area (Å²) in [6.07, 6.45) is -5.11. The van der Waals surface area contributed by atoms with Crippen molar-refractivity contribution in [3.63, 3.8) is 0 Å². The fourth-order valence-corrected chi connectivity index (χ4v) is 1.51. The molecule has 2 heterocycles. The highest BCUT2D eigenvalue weighted by Crippen LogP contribution is 2.39. The van der Waals surface area contributed by atoms with Crippen molar-refractivity contribution < 1.29 is 31.9 Å². The fourth-order valence-electron chi connectivity index (χ4n) is 1.51. The molecule has 0 N–H and O–H groups in total. The number of nitrogens with zero attached hydrogens (tertiary/aromatic N) is 1. The Morgan fingerprint density at radius 2 is 2.26 bits per heavy atom. The molecule has 8 heteroatoms. The maximum atomic E-state index is 12.6. The van der Waals surface area contributed by atoms with Crippen molar-refractivity contribution in [2.75, 3.05) is 6.61 Å². The molecular formula is C11H10F3NO4. The van der Waals surface area contributed by atoms with E-state index in [2.05, 4.69) is 4.74 Å². The number of amides is 1. The number of hydrogen-bond donors (Lipinski definition) is 0. The number of alkyl halides is 3. The number of hydrogen-bond acceptors (Lipinski definition) is 4. The quantitative estimate of drug-likeness (QED) is 0.833. The molecular weight excluding hydrogens is 267 g/mol. The number of furan rings is 1. The molecule has 1 unspecified atom stereocenters. The van der Waals surface area contributed by atoms with Crippen LogP contribution in [0, 0.1) is 0 Å². The summed E-state index contributed by atoms with van der Waals surface area (Å²) in [6.45, 7) is 1.58. The molecule has 1 atom stereocenters. The van der Waals surface area contributed by atoms with Gasteiger partial charge in [-0.1, -0.05) is 0 Å². The topological polar surface area (TPSA) is 51.9 Å². The van der Waals surface area contributed by atoms with E-state index in [1.54, 1.807) is 6.92 Å². The number of halogens is 3. The standard InChI is InChI=1S/C11H10F3NO4/c1-2-17-10(16)15-6-8(11(12,13)14)19-9(15)7-4-3-5-18-7/h3-6,9H,2H2,1H3. The molecule has 0 saturated heterocycles. The molecule has 104 valence electrons. The Labute approximate surface area is 106 Å². The summed E-state index contributed by atoms with van der Waals surface area (Å²) in [5.41, 5.74) is 0. The van der Waals surface area contributed by atoms with Gasteiger partial charge in [-0.3, -0.25) is 0 Å². The molecule has 1 aromatic heterocycles. The average molecular weight is 277 g/mol.